The predicted octanol–water partition coefficient (Wildman–Crippen LogP) is 2.41. The van der Waals surface area contributed by atoms with Crippen molar-refractivity contribution in [2.45, 2.75) is 19.3 Å². The minimum atomic E-state index is -0.161. The molecule has 2 heterocycles. The summed E-state index contributed by atoms with van der Waals surface area (Å²) in [5, 5.41) is 7.73. The van der Waals surface area contributed by atoms with Gasteiger partial charge in [-0.25, -0.2) is 4.98 Å². The van der Waals surface area contributed by atoms with Crippen LogP contribution in [-0.4, -0.2) is 20.2 Å². The molecule has 2 N–H and O–H groups in total. The maximum absolute atomic E-state index is 12.1. The van der Waals surface area contributed by atoms with Gasteiger partial charge in [0.15, 0.2) is 5.65 Å². The molecule has 1 aliphatic rings. The van der Waals surface area contributed by atoms with E-state index in [-0.39, 0.29) is 5.56 Å². The van der Waals surface area contributed by atoms with Crippen molar-refractivity contribution >= 4 is 16.6 Å². The first-order chi connectivity index (χ1) is 10.3. The average molecular weight is 278 g/mol. The Bertz CT molecular complexity index is 904. The summed E-state index contributed by atoms with van der Waals surface area (Å²) < 4.78 is 0. The lowest BCUT2D eigenvalue weighted by atomic mass is 9.96. The van der Waals surface area contributed by atoms with Gasteiger partial charge in [0, 0.05) is 5.57 Å². The molecular formula is C16H14N4O. The zero-order valence-corrected chi connectivity index (χ0v) is 11.4. The van der Waals surface area contributed by atoms with Crippen LogP contribution in [-0.2, 0) is 6.42 Å². The van der Waals surface area contributed by atoms with Crippen molar-refractivity contribution in [2.24, 2.45) is 0 Å². The molecule has 0 radical (unpaired) electrons. The Morgan fingerprint density at radius 2 is 2.10 bits per heavy atom. The fourth-order valence-electron chi connectivity index (χ4n) is 2.94. The van der Waals surface area contributed by atoms with E-state index in [2.05, 4.69) is 44.4 Å². The maximum Gasteiger partial charge on any atom is 0.262 e. The van der Waals surface area contributed by atoms with Gasteiger partial charge >= 0.3 is 0 Å². The molecule has 0 bridgehead atoms. The number of aryl methyl sites for hydroxylation is 1. The summed E-state index contributed by atoms with van der Waals surface area (Å²) in [6.07, 6.45) is 6.71. The van der Waals surface area contributed by atoms with Crippen LogP contribution in [0.1, 0.15) is 29.7 Å². The van der Waals surface area contributed by atoms with Gasteiger partial charge in [0.2, 0.25) is 0 Å². The van der Waals surface area contributed by atoms with Crippen LogP contribution in [0.4, 0.5) is 0 Å². The number of H-pyrrole nitrogens is 2. The highest BCUT2D eigenvalue weighted by Gasteiger charge is 2.19. The largest absolute Gasteiger partial charge is 0.312 e. The highest BCUT2D eigenvalue weighted by atomic mass is 16.1. The molecule has 0 fully saturated rings. The van der Waals surface area contributed by atoms with E-state index in [1.165, 1.54) is 11.9 Å². The second kappa shape index (κ2) is 4.70. The topological polar surface area (TPSA) is 74.4 Å². The molecule has 21 heavy (non-hydrogen) atoms. The smallest absolute Gasteiger partial charge is 0.262 e. The van der Waals surface area contributed by atoms with Crippen molar-refractivity contribution in [3.8, 4) is 0 Å². The molecule has 1 aromatic carbocycles. The number of rotatable bonds is 1. The quantitative estimate of drug-likeness (QED) is 0.718. The summed E-state index contributed by atoms with van der Waals surface area (Å²) in [6.45, 7) is 0. The summed E-state index contributed by atoms with van der Waals surface area (Å²) in [5.74, 6) is 0. The van der Waals surface area contributed by atoms with Crippen LogP contribution in [0.15, 0.2) is 41.5 Å². The molecule has 0 spiro atoms. The number of benzene rings is 1. The third-order valence-electron chi connectivity index (χ3n) is 3.92. The summed E-state index contributed by atoms with van der Waals surface area (Å²) in [4.78, 5) is 18.9. The summed E-state index contributed by atoms with van der Waals surface area (Å²) in [6, 6.07) is 8.32. The van der Waals surface area contributed by atoms with Gasteiger partial charge < -0.3 is 4.98 Å². The van der Waals surface area contributed by atoms with Crippen molar-refractivity contribution in [2.75, 3.05) is 0 Å². The van der Waals surface area contributed by atoms with E-state index in [1.807, 2.05) is 6.07 Å². The molecule has 4 rings (SSSR count). The zero-order valence-electron chi connectivity index (χ0n) is 11.4. The number of fused-ring (bicyclic) bond motifs is 2. The molecule has 0 saturated carbocycles. The second-order valence-corrected chi connectivity index (χ2v) is 5.19. The van der Waals surface area contributed by atoms with E-state index in [0.717, 1.165) is 30.4 Å². The Kier molecular flexibility index (Phi) is 2.70. The van der Waals surface area contributed by atoms with Crippen LogP contribution in [0.3, 0.4) is 0 Å². The van der Waals surface area contributed by atoms with Crippen molar-refractivity contribution in [3.63, 3.8) is 0 Å². The molecule has 5 heteroatoms. The van der Waals surface area contributed by atoms with E-state index in [4.69, 9.17) is 0 Å². The van der Waals surface area contributed by atoms with Crippen LogP contribution in [0.2, 0.25) is 0 Å². The lowest BCUT2D eigenvalue weighted by molar-refractivity contribution is 0.851. The highest BCUT2D eigenvalue weighted by Crippen LogP contribution is 2.31. The van der Waals surface area contributed by atoms with Gasteiger partial charge in [-0.3, -0.25) is 9.89 Å². The van der Waals surface area contributed by atoms with E-state index in [0.29, 0.717) is 16.7 Å². The minimum Gasteiger partial charge on any atom is -0.312 e. The summed E-state index contributed by atoms with van der Waals surface area (Å²) >= 11 is 0. The highest BCUT2D eigenvalue weighted by molar-refractivity contribution is 5.93. The number of nitrogens with zero attached hydrogens (tertiary/aromatic N) is 2. The van der Waals surface area contributed by atoms with Crippen LogP contribution in [0.5, 0.6) is 0 Å². The maximum atomic E-state index is 12.1. The van der Waals surface area contributed by atoms with Gasteiger partial charge in [-0.15, -0.1) is 0 Å². The third kappa shape index (κ3) is 1.89. The van der Waals surface area contributed by atoms with Gasteiger partial charge in [0.1, 0.15) is 11.1 Å². The fraction of sp³-hybridized carbons (Fsp3) is 0.188. The lowest BCUT2D eigenvalue weighted by Crippen LogP contribution is -2.07. The van der Waals surface area contributed by atoms with Crippen LogP contribution >= 0.6 is 0 Å². The van der Waals surface area contributed by atoms with Crippen LogP contribution in [0.25, 0.3) is 16.6 Å². The number of hydrogen-bond acceptors (Lipinski definition) is 3. The van der Waals surface area contributed by atoms with Crippen molar-refractivity contribution in [1.82, 2.24) is 20.2 Å². The zero-order chi connectivity index (χ0) is 14.2. The lowest BCUT2D eigenvalue weighted by Gasteiger charge is -2.08. The molecule has 104 valence electrons. The fourth-order valence-corrected chi connectivity index (χ4v) is 2.94. The Morgan fingerprint density at radius 3 is 3.05 bits per heavy atom. The molecule has 0 amide bonds. The van der Waals surface area contributed by atoms with Gasteiger partial charge in [-0.05, 0) is 30.4 Å². The normalized spacial score (nSPS) is 14.6. The van der Waals surface area contributed by atoms with E-state index >= 15 is 0 Å². The molecule has 1 aliphatic carbocycles. The average Bonchev–Trinajstić information content (AvgIpc) is 2.82. The Hall–Kier alpha value is -2.69. The first-order valence-corrected chi connectivity index (χ1v) is 7.05. The first-order valence-electron chi connectivity index (χ1n) is 7.05. The number of aromatic amines is 2. The summed E-state index contributed by atoms with van der Waals surface area (Å²) in [7, 11) is 0. The number of hydrogen-bond donors (Lipinski definition) is 2. The molecule has 5 nitrogen and oxygen atoms in total. The molecule has 0 aliphatic heterocycles. The van der Waals surface area contributed by atoms with E-state index in [1.54, 1.807) is 0 Å². The van der Waals surface area contributed by atoms with E-state index < -0.39 is 0 Å². The van der Waals surface area contributed by atoms with Crippen molar-refractivity contribution in [3.05, 3.63) is 63.8 Å². The van der Waals surface area contributed by atoms with Gasteiger partial charge in [-0.2, -0.15) is 5.10 Å². The predicted molar refractivity (Wildman–Crippen MR) is 81.0 cm³/mol. The van der Waals surface area contributed by atoms with Crippen LogP contribution < -0.4 is 5.56 Å². The molecule has 0 unspecified atom stereocenters. The SMILES string of the molecule is O=c1[nH]cnc2[nH]nc(C3=CCCCc4ccccc43)c12. The minimum absolute atomic E-state index is 0.161. The molecule has 0 saturated heterocycles. The van der Waals surface area contributed by atoms with Crippen molar-refractivity contribution < 1.29 is 0 Å². The third-order valence-corrected chi connectivity index (χ3v) is 3.92. The molecular weight excluding hydrogens is 264 g/mol. The molecule has 3 aromatic rings. The van der Waals surface area contributed by atoms with Crippen molar-refractivity contribution in [1.29, 1.82) is 0 Å². The number of aromatic nitrogens is 4. The van der Waals surface area contributed by atoms with Gasteiger partial charge in [-0.1, -0.05) is 30.3 Å². The van der Waals surface area contributed by atoms with E-state index in [9.17, 15) is 4.79 Å². The summed E-state index contributed by atoms with van der Waals surface area (Å²) in [5.41, 5.74) is 4.54. The molecule has 0 atom stereocenters. The van der Waals surface area contributed by atoms with Gasteiger partial charge in [0.05, 0.1) is 6.33 Å². The standard InChI is InChI=1S/C16H14N4O/c21-16-13-14(19-20-15(13)17-9-18-16)12-8-4-2-6-10-5-1-3-7-11(10)12/h1,3,5,7-9H,2,4,6H2,(H2,17,18,19,20,21). The number of nitrogens with one attached hydrogen (secondary N) is 2. The Balaban J connectivity index is 2.01. The first kappa shape index (κ1) is 12.1. The monoisotopic (exact) mass is 278 g/mol. The second-order valence-electron chi connectivity index (χ2n) is 5.19. The Morgan fingerprint density at radius 1 is 1.19 bits per heavy atom. The van der Waals surface area contributed by atoms with Gasteiger partial charge in [0.25, 0.3) is 5.56 Å². The van der Waals surface area contributed by atoms with Crippen LogP contribution in [0, 0.1) is 0 Å². The molecule has 2 aromatic heterocycles. The number of allylic oxidation sites excluding steroid dienone is 1. The Labute approximate surface area is 120 Å².